The third kappa shape index (κ3) is 9.76. The zero-order chi connectivity index (χ0) is 31.9. The number of ether oxygens (including phenoxy) is 1. The highest BCUT2D eigenvalue weighted by Gasteiger charge is 2.45. The van der Waals surface area contributed by atoms with Crippen LogP contribution in [0, 0.1) is 5.41 Å². The van der Waals surface area contributed by atoms with Gasteiger partial charge in [0.2, 0.25) is 11.8 Å². The van der Waals surface area contributed by atoms with Crippen molar-refractivity contribution in [3.63, 3.8) is 0 Å². The fourth-order valence-corrected chi connectivity index (χ4v) is 4.56. The van der Waals surface area contributed by atoms with Gasteiger partial charge in [-0.05, 0) is 45.1 Å². The SMILES string of the molecule is C=CC[C@@H](C=C(C)C(=O)O)N(C)C(=O)[C@@H](NC(=O)C(N(C)C(=O)OC(C)(C)C)C(C)(C)c1ccccc1)C(C)(C)C. The lowest BCUT2D eigenvalue weighted by Gasteiger charge is -2.42. The van der Waals surface area contributed by atoms with Gasteiger partial charge in [-0.3, -0.25) is 14.5 Å². The normalized spacial score (nSPS) is 14.8. The summed E-state index contributed by atoms with van der Waals surface area (Å²) in [5.41, 5.74) is -1.46. The zero-order valence-electron chi connectivity index (χ0n) is 26.6. The number of nitrogens with zero attached hydrogens (tertiary/aromatic N) is 2. The van der Waals surface area contributed by atoms with E-state index in [-0.39, 0.29) is 5.57 Å². The lowest BCUT2D eigenvalue weighted by atomic mass is 9.76. The van der Waals surface area contributed by atoms with Crippen LogP contribution >= 0.6 is 0 Å². The van der Waals surface area contributed by atoms with Crippen molar-refractivity contribution in [3.8, 4) is 0 Å². The van der Waals surface area contributed by atoms with E-state index in [1.54, 1.807) is 33.9 Å². The molecule has 0 aliphatic carbocycles. The van der Waals surface area contributed by atoms with Crippen LogP contribution in [0.2, 0.25) is 0 Å². The van der Waals surface area contributed by atoms with Crippen molar-refractivity contribution in [2.24, 2.45) is 5.41 Å². The molecule has 228 valence electrons. The lowest BCUT2D eigenvalue weighted by Crippen LogP contribution is -2.63. The van der Waals surface area contributed by atoms with Crippen LogP contribution in [0.15, 0.2) is 54.6 Å². The summed E-state index contributed by atoms with van der Waals surface area (Å²) < 4.78 is 5.60. The van der Waals surface area contributed by atoms with Crippen LogP contribution in [0.4, 0.5) is 4.79 Å². The van der Waals surface area contributed by atoms with Crippen molar-refractivity contribution in [2.45, 2.75) is 97.9 Å². The summed E-state index contributed by atoms with van der Waals surface area (Å²) >= 11 is 0. The summed E-state index contributed by atoms with van der Waals surface area (Å²) in [6.45, 7) is 19.7. The van der Waals surface area contributed by atoms with Gasteiger partial charge < -0.3 is 20.1 Å². The number of amides is 3. The molecule has 0 aliphatic heterocycles. The Hall–Kier alpha value is -3.62. The summed E-state index contributed by atoms with van der Waals surface area (Å²) in [6, 6.07) is 6.76. The van der Waals surface area contributed by atoms with Gasteiger partial charge in [-0.2, -0.15) is 0 Å². The first-order chi connectivity index (χ1) is 18.6. The van der Waals surface area contributed by atoms with E-state index in [0.717, 1.165) is 5.56 Å². The Morgan fingerprint density at radius 1 is 0.976 bits per heavy atom. The zero-order valence-corrected chi connectivity index (χ0v) is 26.6. The molecule has 9 heteroatoms. The van der Waals surface area contributed by atoms with Crippen LogP contribution in [0.25, 0.3) is 0 Å². The molecule has 0 aromatic heterocycles. The maximum absolute atomic E-state index is 14.2. The van der Waals surface area contributed by atoms with Crippen molar-refractivity contribution in [1.29, 1.82) is 0 Å². The molecule has 0 heterocycles. The molecular weight excluding hydrogens is 522 g/mol. The minimum absolute atomic E-state index is 0.0940. The quantitative estimate of drug-likeness (QED) is 0.280. The van der Waals surface area contributed by atoms with Crippen molar-refractivity contribution in [1.82, 2.24) is 15.1 Å². The molecule has 3 amide bonds. The maximum Gasteiger partial charge on any atom is 0.410 e. The predicted octanol–water partition coefficient (Wildman–Crippen LogP) is 5.16. The van der Waals surface area contributed by atoms with E-state index >= 15 is 0 Å². The molecule has 0 saturated heterocycles. The van der Waals surface area contributed by atoms with Crippen LogP contribution in [0.1, 0.15) is 74.3 Å². The van der Waals surface area contributed by atoms with E-state index in [2.05, 4.69) is 11.9 Å². The second-order valence-corrected chi connectivity index (χ2v) is 13.1. The van der Waals surface area contributed by atoms with Gasteiger partial charge in [0.25, 0.3) is 0 Å². The Bertz CT molecular complexity index is 1130. The predicted molar refractivity (Wildman–Crippen MR) is 161 cm³/mol. The number of carboxylic acids is 1. The van der Waals surface area contributed by atoms with Crippen LogP contribution in [-0.2, 0) is 24.5 Å². The molecule has 1 aromatic carbocycles. The molecule has 0 radical (unpaired) electrons. The van der Waals surface area contributed by atoms with Crippen molar-refractivity contribution >= 4 is 23.9 Å². The number of hydrogen-bond donors (Lipinski definition) is 2. The number of likely N-dealkylation sites (N-methyl/N-ethyl adjacent to an activating group) is 2. The minimum atomic E-state index is -1.09. The monoisotopic (exact) mass is 571 g/mol. The number of carbonyl (C=O) groups excluding carboxylic acids is 3. The highest BCUT2D eigenvalue weighted by atomic mass is 16.6. The molecule has 2 N–H and O–H groups in total. The topological polar surface area (TPSA) is 116 Å². The number of carboxylic acid groups (broad SMARTS) is 1. The van der Waals surface area contributed by atoms with Gasteiger partial charge in [0.1, 0.15) is 17.7 Å². The van der Waals surface area contributed by atoms with Crippen LogP contribution in [-0.4, -0.2) is 76.6 Å². The van der Waals surface area contributed by atoms with Gasteiger partial charge in [-0.25, -0.2) is 9.59 Å². The van der Waals surface area contributed by atoms with Gasteiger partial charge in [-0.15, -0.1) is 6.58 Å². The molecule has 0 saturated carbocycles. The molecule has 1 rings (SSSR count). The number of carbonyl (C=O) groups is 4. The molecule has 0 spiro atoms. The van der Waals surface area contributed by atoms with Crippen molar-refractivity contribution < 1.29 is 29.0 Å². The van der Waals surface area contributed by atoms with Crippen molar-refractivity contribution in [3.05, 3.63) is 60.2 Å². The van der Waals surface area contributed by atoms with Crippen LogP contribution in [0.3, 0.4) is 0 Å². The van der Waals surface area contributed by atoms with Gasteiger partial charge in [0.15, 0.2) is 0 Å². The standard InChI is InChI=1S/C32H49N3O6/c1-13-17-23(20-21(2)28(38)39)34(11)27(37)24(30(3,4)5)33-26(36)25(35(12)29(40)41-31(6,7)8)32(9,10)22-18-15-14-16-19-22/h13-16,18-20,23-25H,1,17H2,2-12H3,(H,33,36)(H,38,39)/t23-,24+,25?/m0/s1. The number of benzene rings is 1. The summed E-state index contributed by atoms with van der Waals surface area (Å²) in [4.78, 5) is 55.5. The summed E-state index contributed by atoms with van der Waals surface area (Å²) in [5, 5.41) is 12.3. The van der Waals surface area contributed by atoms with Gasteiger partial charge in [0.05, 0.1) is 6.04 Å². The molecule has 0 bridgehead atoms. The Morgan fingerprint density at radius 3 is 1.95 bits per heavy atom. The lowest BCUT2D eigenvalue weighted by molar-refractivity contribution is -0.141. The molecule has 1 aromatic rings. The fraction of sp³-hybridized carbons (Fsp3) is 0.562. The van der Waals surface area contributed by atoms with Crippen molar-refractivity contribution in [2.75, 3.05) is 14.1 Å². The third-order valence-electron chi connectivity index (χ3n) is 6.95. The molecule has 9 nitrogen and oxygen atoms in total. The van der Waals surface area contributed by atoms with E-state index in [0.29, 0.717) is 6.42 Å². The second-order valence-electron chi connectivity index (χ2n) is 13.1. The van der Waals surface area contributed by atoms with Crippen LogP contribution < -0.4 is 5.32 Å². The first-order valence-corrected chi connectivity index (χ1v) is 13.8. The van der Waals surface area contributed by atoms with Gasteiger partial charge in [0, 0.05) is 25.1 Å². The molecule has 41 heavy (non-hydrogen) atoms. The first kappa shape index (κ1) is 35.4. The fourth-order valence-electron chi connectivity index (χ4n) is 4.56. The highest BCUT2D eigenvalue weighted by Crippen LogP contribution is 2.32. The number of rotatable bonds is 11. The molecular formula is C32H49N3O6. The molecule has 0 aliphatic rings. The number of nitrogens with one attached hydrogen (secondary N) is 1. The summed E-state index contributed by atoms with van der Waals surface area (Å²) in [6.07, 6.45) is 2.76. The van der Waals surface area contributed by atoms with Gasteiger partial charge >= 0.3 is 12.1 Å². The Kier molecular flexibility index (Phi) is 11.9. The summed E-state index contributed by atoms with van der Waals surface area (Å²) in [5.74, 6) is -2.01. The Balaban J connectivity index is 3.58. The maximum atomic E-state index is 14.2. The average Bonchev–Trinajstić information content (AvgIpc) is 2.84. The summed E-state index contributed by atoms with van der Waals surface area (Å²) in [7, 11) is 3.09. The smallest absolute Gasteiger partial charge is 0.410 e. The Labute approximate surface area is 245 Å². The van der Waals surface area contributed by atoms with Crippen LogP contribution in [0.5, 0.6) is 0 Å². The van der Waals surface area contributed by atoms with E-state index in [4.69, 9.17) is 4.74 Å². The molecule has 3 atom stereocenters. The van der Waals surface area contributed by atoms with E-state index < -0.39 is 58.4 Å². The highest BCUT2D eigenvalue weighted by molar-refractivity contribution is 5.93. The second kappa shape index (κ2) is 13.8. The Morgan fingerprint density at radius 2 is 1.51 bits per heavy atom. The minimum Gasteiger partial charge on any atom is -0.478 e. The van der Waals surface area contributed by atoms with E-state index in [1.807, 2.05) is 65.0 Å². The molecule has 0 fully saturated rings. The van der Waals surface area contributed by atoms with E-state index in [1.165, 1.54) is 29.8 Å². The average molecular weight is 572 g/mol. The third-order valence-corrected chi connectivity index (χ3v) is 6.95. The first-order valence-electron chi connectivity index (χ1n) is 13.8. The number of aliphatic carboxylic acids is 1. The molecule has 1 unspecified atom stereocenters. The van der Waals surface area contributed by atoms with E-state index in [9.17, 15) is 24.3 Å². The number of hydrogen-bond acceptors (Lipinski definition) is 5. The van der Waals surface area contributed by atoms with Gasteiger partial charge in [-0.1, -0.05) is 77.1 Å². The largest absolute Gasteiger partial charge is 0.478 e.